The molecule has 0 aliphatic carbocycles. The maximum absolute atomic E-state index is 12.1. The van der Waals surface area contributed by atoms with Gasteiger partial charge < -0.3 is 4.98 Å². The average Bonchev–Trinajstić information content (AvgIpc) is 2.66. The molecular formula is C23H32N2O. The Morgan fingerprint density at radius 1 is 1.12 bits per heavy atom. The zero-order valence-corrected chi connectivity index (χ0v) is 16.5. The van der Waals surface area contributed by atoms with Crippen molar-refractivity contribution in [1.29, 1.82) is 0 Å². The van der Waals surface area contributed by atoms with Crippen LogP contribution in [0.1, 0.15) is 63.6 Å². The van der Waals surface area contributed by atoms with Gasteiger partial charge in [-0.3, -0.25) is 9.69 Å². The van der Waals surface area contributed by atoms with Gasteiger partial charge in [0.1, 0.15) is 0 Å². The van der Waals surface area contributed by atoms with Crippen molar-refractivity contribution in [3.63, 3.8) is 0 Å². The molecule has 140 valence electrons. The summed E-state index contributed by atoms with van der Waals surface area (Å²) in [5.74, 6) is 0.646. The lowest BCUT2D eigenvalue weighted by atomic mass is 9.85. The minimum atomic E-state index is 0.0406. The van der Waals surface area contributed by atoms with Crippen molar-refractivity contribution >= 4 is 10.9 Å². The van der Waals surface area contributed by atoms with Crippen molar-refractivity contribution in [3.05, 3.63) is 57.9 Å². The molecule has 2 heterocycles. The molecule has 0 spiro atoms. The molecule has 3 nitrogen and oxygen atoms in total. The van der Waals surface area contributed by atoms with Crippen LogP contribution >= 0.6 is 0 Å². The number of rotatable bonds is 6. The highest BCUT2D eigenvalue weighted by Gasteiger charge is 2.28. The Balaban J connectivity index is 2.03. The molecular weight excluding hydrogens is 320 g/mol. The number of aromatic nitrogens is 1. The van der Waals surface area contributed by atoms with Crippen LogP contribution in [0.4, 0.5) is 0 Å². The van der Waals surface area contributed by atoms with Crippen LogP contribution in [0.5, 0.6) is 0 Å². The van der Waals surface area contributed by atoms with Gasteiger partial charge in [0, 0.05) is 30.2 Å². The van der Waals surface area contributed by atoms with Crippen molar-refractivity contribution in [2.45, 2.75) is 58.9 Å². The molecule has 3 heteroatoms. The van der Waals surface area contributed by atoms with E-state index in [0.717, 1.165) is 48.8 Å². The molecule has 26 heavy (non-hydrogen) atoms. The maximum Gasteiger partial charge on any atom is 0.251 e. The summed E-state index contributed by atoms with van der Waals surface area (Å²) in [5, 5.41) is 1.15. The van der Waals surface area contributed by atoms with E-state index in [1.54, 1.807) is 0 Å². The van der Waals surface area contributed by atoms with Crippen LogP contribution in [0.2, 0.25) is 0 Å². The Morgan fingerprint density at radius 3 is 2.42 bits per heavy atom. The lowest BCUT2D eigenvalue weighted by molar-refractivity contribution is 0.125. The van der Waals surface area contributed by atoms with E-state index in [1.807, 2.05) is 6.92 Å². The van der Waals surface area contributed by atoms with Gasteiger partial charge in [-0.05, 0) is 54.3 Å². The van der Waals surface area contributed by atoms with E-state index >= 15 is 0 Å². The van der Waals surface area contributed by atoms with Crippen molar-refractivity contribution in [2.75, 3.05) is 13.1 Å². The number of fused-ring (bicyclic) bond motifs is 1. The Morgan fingerprint density at radius 2 is 1.81 bits per heavy atom. The second kappa shape index (κ2) is 8.22. The lowest BCUT2D eigenvalue weighted by Gasteiger charge is -2.40. The Labute approximate surface area is 157 Å². The van der Waals surface area contributed by atoms with Crippen LogP contribution in [0.3, 0.4) is 0 Å². The van der Waals surface area contributed by atoms with Crippen LogP contribution < -0.4 is 5.56 Å². The summed E-state index contributed by atoms with van der Waals surface area (Å²) in [7, 11) is 0. The fourth-order valence-corrected chi connectivity index (χ4v) is 4.35. The van der Waals surface area contributed by atoms with Gasteiger partial charge in [-0.15, -0.1) is 0 Å². The normalized spacial score (nSPS) is 17.2. The number of likely N-dealkylation sites (tertiary alicyclic amines) is 1. The van der Waals surface area contributed by atoms with Crippen molar-refractivity contribution < 1.29 is 0 Å². The van der Waals surface area contributed by atoms with Gasteiger partial charge in [-0.25, -0.2) is 0 Å². The van der Waals surface area contributed by atoms with Crippen LogP contribution in [0.15, 0.2) is 41.2 Å². The van der Waals surface area contributed by atoms with Crippen LogP contribution in [0, 0.1) is 5.92 Å². The first-order valence-electron chi connectivity index (χ1n) is 10.1. The third-order valence-corrected chi connectivity index (χ3v) is 6.06. The molecule has 1 saturated heterocycles. The Bertz CT molecular complexity index is 822. The summed E-state index contributed by atoms with van der Waals surface area (Å²) >= 11 is 0. The zero-order valence-electron chi connectivity index (χ0n) is 16.5. The highest BCUT2D eigenvalue weighted by molar-refractivity contribution is 5.79. The number of H-pyrrole nitrogens is 1. The summed E-state index contributed by atoms with van der Waals surface area (Å²) in [6, 6.07) is 9.12. The molecule has 1 aliphatic rings. The fourth-order valence-electron chi connectivity index (χ4n) is 4.35. The summed E-state index contributed by atoms with van der Waals surface area (Å²) in [6.45, 7) is 13.0. The van der Waals surface area contributed by atoms with Crippen LogP contribution in [-0.2, 0) is 6.42 Å². The minimum absolute atomic E-state index is 0.0406. The van der Waals surface area contributed by atoms with Crippen molar-refractivity contribution in [3.8, 4) is 0 Å². The second-order valence-electron chi connectivity index (χ2n) is 7.63. The summed E-state index contributed by atoms with van der Waals surface area (Å²) in [5.41, 5.74) is 4.61. The smallest absolute Gasteiger partial charge is 0.251 e. The van der Waals surface area contributed by atoms with E-state index in [2.05, 4.69) is 54.6 Å². The number of piperidine rings is 1. The third-order valence-electron chi connectivity index (χ3n) is 6.06. The van der Waals surface area contributed by atoms with Gasteiger partial charge in [0.15, 0.2) is 0 Å². The highest BCUT2D eigenvalue weighted by Crippen LogP contribution is 2.36. The zero-order chi connectivity index (χ0) is 18.7. The van der Waals surface area contributed by atoms with Gasteiger partial charge in [-0.1, -0.05) is 51.8 Å². The van der Waals surface area contributed by atoms with E-state index < -0.39 is 0 Å². The molecule has 0 saturated carbocycles. The summed E-state index contributed by atoms with van der Waals surface area (Å²) in [4.78, 5) is 17.8. The predicted octanol–water partition coefficient (Wildman–Crippen LogP) is 5.22. The first-order valence-corrected chi connectivity index (χ1v) is 10.1. The maximum atomic E-state index is 12.1. The number of benzene rings is 1. The van der Waals surface area contributed by atoms with E-state index in [-0.39, 0.29) is 5.56 Å². The van der Waals surface area contributed by atoms with Crippen LogP contribution in [-0.4, -0.2) is 23.0 Å². The van der Waals surface area contributed by atoms with E-state index in [0.29, 0.717) is 12.0 Å². The molecule has 1 aromatic carbocycles. The molecule has 1 N–H and O–H groups in total. The molecule has 1 unspecified atom stereocenters. The molecule has 1 aliphatic heterocycles. The van der Waals surface area contributed by atoms with Crippen LogP contribution in [0.25, 0.3) is 10.9 Å². The highest BCUT2D eigenvalue weighted by atomic mass is 16.1. The Kier molecular flexibility index (Phi) is 5.98. The number of hydrogen-bond donors (Lipinski definition) is 1. The topological polar surface area (TPSA) is 36.1 Å². The summed E-state index contributed by atoms with van der Waals surface area (Å²) in [6.07, 6.45) is 5.35. The van der Waals surface area contributed by atoms with Gasteiger partial charge in [0.25, 0.3) is 5.56 Å². The summed E-state index contributed by atoms with van der Waals surface area (Å²) < 4.78 is 0. The number of aromatic amines is 1. The predicted molar refractivity (Wildman–Crippen MR) is 111 cm³/mol. The first kappa shape index (κ1) is 18.9. The largest absolute Gasteiger partial charge is 0.322 e. The standard InChI is InChI=1S/C23H32N2O/c1-5-17(6-2)22(25-12-10-16(4)11-13-25)19-8-9-21-20(15-19)14-18(7-3)23(26)24-21/h8-9,14-15,17,22H,4-7,10-13H2,1-3H3,(H,24,26). The van der Waals surface area contributed by atoms with Gasteiger partial charge in [0.2, 0.25) is 0 Å². The number of aryl methyl sites for hydroxylation is 1. The van der Waals surface area contributed by atoms with Crippen molar-refractivity contribution in [2.24, 2.45) is 5.92 Å². The molecule has 3 rings (SSSR count). The molecule has 1 fully saturated rings. The molecule has 1 atom stereocenters. The molecule has 1 aromatic heterocycles. The monoisotopic (exact) mass is 352 g/mol. The molecule has 0 radical (unpaired) electrons. The third kappa shape index (κ3) is 3.78. The lowest BCUT2D eigenvalue weighted by Crippen LogP contribution is -2.38. The SMILES string of the molecule is C=C1CCN(C(c2ccc3[nH]c(=O)c(CC)cc3c2)C(CC)CC)CC1. The minimum Gasteiger partial charge on any atom is -0.322 e. The number of nitrogens with zero attached hydrogens (tertiary/aromatic N) is 1. The Hall–Kier alpha value is -1.87. The fraction of sp³-hybridized carbons (Fsp3) is 0.522. The van der Waals surface area contributed by atoms with Crippen molar-refractivity contribution in [1.82, 2.24) is 9.88 Å². The van der Waals surface area contributed by atoms with E-state index in [1.165, 1.54) is 24.0 Å². The quantitative estimate of drug-likeness (QED) is 0.724. The molecule has 2 aromatic rings. The second-order valence-corrected chi connectivity index (χ2v) is 7.63. The number of hydrogen-bond acceptors (Lipinski definition) is 2. The van der Waals surface area contributed by atoms with Gasteiger partial charge in [-0.2, -0.15) is 0 Å². The van der Waals surface area contributed by atoms with Gasteiger partial charge >= 0.3 is 0 Å². The number of pyridine rings is 1. The van der Waals surface area contributed by atoms with E-state index in [4.69, 9.17) is 0 Å². The average molecular weight is 353 g/mol. The van der Waals surface area contributed by atoms with E-state index in [9.17, 15) is 4.79 Å². The van der Waals surface area contributed by atoms with Gasteiger partial charge in [0.05, 0.1) is 0 Å². The molecule has 0 bridgehead atoms. The number of nitrogens with one attached hydrogen (secondary N) is 1. The molecule has 0 amide bonds. The first-order chi connectivity index (χ1) is 12.6.